The molecule has 4 nitrogen and oxygen atoms in total. The van der Waals surface area contributed by atoms with E-state index in [0.717, 1.165) is 32.3 Å². The molecule has 6 rings (SSSR count). The summed E-state index contributed by atoms with van der Waals surface area (Å²) < 4.78 is 155. The number of aromatic nitrogens is 1. The molecule has 0 atom stereocenters. The molecular weight excluding hydrogens is 957 g/mol. The summed E-state index contributed by atoms with van der Waals surface area (Å²) in [6.07, 6.45) is -10.0. The molecule has 1 aromatic heterocycles. The van der Waals surface area contributed by atoms with Crippen molar-refractivity contribution in [1.82, 2.24) is 4.48 Å². The van der Waals surface area contributed by atoms with Crippen LogP contribution in [0.3, 0.4) is 0 Å². The molecule has 73 heavy (non-hydrogen) atoms. The Morgan fingerprint density at radius 2 is 0.849 bits per heavy atom. The minimum Gasteiger partial charge on any atom is -0.385 e. The number of allylic oxidation sites excluding steroid dienone is 3. The van der Waals surface area contributed by atoms with Gasteiger partial charge in [-0.15, -0.1) is 0 Å². The molecular formula is C58H65BF10N2O2. The van der Waals surface area contributed by atoms with Crippen LogP contribution in [-0.2, 0) is 31.0 Å². The van der Waals surface area contributed by atoms with Crippen LogP contribution in [0.1, 0.15) is 142 Å². The van der Waals surface area contributed by atoms with Gasteiger partial charge in [0.2, 0.25) is 0 Å². The zero-order valence-electron chi connectivity index (χ0n) is 43.8. The lowest BCUT2D eigenvalue weighted by molar-refractivity contribution is -0.295. The average Bonchev–Trinajstić information content (AvgIpc) is 3.90. The van der Waals surface area contributed by atoms with E-state index in [4.69, 9.17) is 14.3 Å². The number of hydrogen-bond acceptors (Lipinski definition) is 3. The lowest BCUT2D eigenvalue weighted by Gasteiger charge is -2.28. The minimum absolute atomic E-state index is 0.00441. The smallest absolute Gasteiger partial charge is 0.385 e. The molecule has 5 aromatic rings. The molecule has 1 aliphatic rings. The summed E-state index contributed by atoms with van der Waals surface area (Å²) in [4.78, 5) is 5.28. The Hall–Kier alpha value is -5.41. The summed E-state index contributed by atoms with van der Waals surface area (Å²) >= 11 is 0. The van der Waals surface area contributed by atoms with E-state index in [-0.39, 0.29) is 45.0 Å². The van der Waals surface area contributed by atoms with Gasteiger partial charge in [-0.3, -0.25) is 0 Å². The van der Waals surface area contributed by atoms with E-state index in [9.17, 15) is 26.3 Å². The number of alkyl halides is 10. The number of hydrogen-bond donors (Lipinski definition) is 0. The Kier molecular flexibility index (Phi) is 15.9. The van der Waals surface area contributed by atoms with E-state index in [1.54, 1.807) is 42.5 Å². The standard InChI is InChI=1S/C58H65BF10N2O2/c1-14-15-44(49-45(36-16-24-40(25-17-36)51(2,3)4)32-47(70-49)38-20-28-42(29-21-38)53(8,9)10)50-46(37-18-26-41(27-19-37)52(5,6)7)33-48(39-22-30-43(31-23-39)54(11,12)13)71(50)59(72-34-55(60,61)57(64,65)66)73-35-56(62,63)58(67,68)69/h16-33H,14-15,34-35H2,1-13H3/b49-44-. The summed E-state index contributed by atoms with van der Waals surface area (Å²) in [5.41, 5.74) is 7.04. The largest absolute Gasteiger partial charge is 0.598 e. The highest BCUT2D eigenvalue weighted by atomic mass is 19.4. The van der Waals surface area contributed by atoms with E-state index < -0.39 is 44.7 Å². The van der Waals surface area contributed by atoms with Crippen molar-refractivity contribution in [2.45, 2.75) is 149 Å². The molecule has 0 spiro atoms. The normalized spacial score (nSPS) is 15.2. The third-order valence-electron chi connectivity index (χ3n) is 12.9. The van der Waals surface area contributed by atoms with Gasteiger partial charge in [0, 0.05) is 33.7 Å². The lowest BCUT2D eigenvalue weighted by atomic mass is 9.85. The van der Waals surface area contributed by atoms with Crippen molar-refractivity contribution >= 4 is 24.1 Å². The third kappa shape index (κ3) is 12.8. The second-order valence-corrected chi connectivity index (χ2v) is 22.9. The highest BCUT2D eigenvalue weighted by Gasteiger charge is 2.60. The average molecular weight is 1020 g/mol. The molecule has 0 saturated heterocycles. The first-order chi connectivity index (χ1) is 33.4. The van der Waals surface area contributed by atoms with Crippen molar-refractivity contribution < 1.29 is 53.2 Å². The first-order valence-corrected chi connectivity index (χ1v) is 24.3. The van der Waals surface area contributed by atoms with E-state index >= 15 is 17.6 Å². The third-order valence-corrected chi connectivity index (χ3v) is 12.9. The molecule has 0 bridgehead atoms. The molecule has 2 heterocycles. The SMILES string of the molecule is CCC/C(=C1/N=C(c2ccc(C(C)(C)C)cc2)C=C1c1ccc(C(C)(C)C)cc1)c1c(-c2ccc(C(C)(C)C)cc2)cc(-c2ccc(C(C)(C)C)cc2)n1B(OCC(F)(F)C(F)(F)F)OCC(F)(F)C(F)(F)F. The molecule has 0 radical (unpaired) electrons. The number of rotatable bonds is 14. The van der Waals surface area contributed by atoms with Crippen molar-refractivity contribution in [3.63, 3.8) is 0 Å². The van der Waals surface area contributed by atoms with Gasteiger partial charge in [0.25, 0.3) is 0 Å². The van der Waals surface area contributed by atoms with E-state index in [1.807, 2.05) is 115 Å². The van der Waals surface area contributed by atoms with Crippen molar-refractivity contribution in [1.29, 1.82) is 0 Å². The number of nitrogens with zero attached hydrogens (tertiary/aromatic N) is 2. The topological polar surface area (TPSA) is 35.8 Å². The summed E-state index contributed by atoms with van der Waals surface area (Å²) in [5, 5.41) is 0. The van der Waals surface area contributed by atoms with Crippen LogP contribution in [0.15, 0.2) is 120 Å². The maximum absolute atomic E-state index is 15.0. The zero-order valence-corrected chi connectivity index (χ0v) is 43.8. The number of halogens is 10. The van der Waals surface area contributed by atoms with Crippen molar-refractivity contribution in [2.75, 3.05) is 13.2 Å². The maximum atomic E-state index is 15.0. The molecule has 392 valence electrons. The van der Waals surface area contributed by atoms with Crippen LogP contribution in [-0.4, -0.2) is 54.9 Å². The minimum atomic E-state index is -6.20. The first kappa shape index (κ1) is 56.9. The molecule has 0 N–H and O–H groups in total. The van der Waals surface area contributed by atoms with Gasteiger partial charge in [-0.25, -0.2) is 4.99 Å². The zero-order chi connectivity index (χ0) is 54.5. The molecule has 15 heteroatoms. The van der Waals surface area contributed by atoms with Gasteiger partial charge in [-0.2, -0.15) is 43.9 Å². The number of benzene rings is 4. The van der Waals surface area contributed by atoms with Crippen molar-refractivity contribution in [2.24, 2.45) is 4.99 Å². The van der Waals surface area contributed by atoms with Gasteiger partial charge in [0.1, 0.15) is 13.2 Å². The van der Waals surface area contributed by atoms with E-state index in [0.29, 0.717) is 45.7 Å². The van der Waals surface area contributed by atoms with Gasteiger partial charge >= 0.3 is 31.5 Å². The molecule has 4 aromatic carbocycles. The highest BCUT2D eigenvalue weighted by molar-refractivity contribution is 6.44. The quantitative estimate of drug-likeness (QED) is 0.0821. The van der Waals surface area contributed by atoms with Gasteiger partial charge in [-0.05, 0) is 79.2 Å². The predicted molar refractivity (Wildman–Crippen MR) is 274 cm³/mol. The summed E-state index contributed by atoms with van der Waals surface area (Å²) in [5.74, 6) is -11.2. The molecule has 0 amide bonds. The van der Waals surface area contributed by atoms with Crippen LogP contribution < -0.4 is 0 Å². The Morgan fingerprint density at radius 1 is 0.493 bits per heavy atom. The van der Waals surface area contributed by atoms with Gasteiger partial charge < -0.3 is 13.8 Å². The predicted octanol–water partition coefficient (Wildman–Crippen LogP) is 17.4. The molecule has 0 saturated carbocycles. The van der Waals surface area contributed by atoms with E-state index in [2.05, 4.69) is 41.5 Å². The monoisotopic (exact) mass is 1020 g/mol. The van der Waals surface area contributed by atoms with Gasteiger partial charge in [-0.1, -0.05) is 193 Å². The summed E-state index contributed by atoms with van der Waals surface area (Å²) in [6.45, 7) is 21.2. The van der Waals surface area contributed by atoms with E-state index in [1.165, 1.54) is 0 Å². The van der Waals surface area contributed by atoms with Crippen molar-refractivity contribution in [3.05, 3.63) is 154 Å². The second kappa shape index (κ2) is 20.4. The molecule has 1 aliphatic heterocycles. The summed E-state index contributed by atoms with van der Waals surface area (Å²) in [7, 11) is -2.74. The number of aliphatic imine (C=N–C) groups is 1. The second-order valence-electron chi connectivity index (χ2n) is 22.9. The first-order valence-electron chi connectivity index (χ1n) is 24.3. The maximum Gasteiger partial charge on any atom is 0.598 e. The lowest BCUT2D eigenvalue weighted by Crippen LogP contribution is -2.48. The molecule has 0 unspecified atom stereocenters. The fourth-order valence-electron chi connectivity index (χ4n) is 8.40. The van der Waals surface area contributed by atoms with Crippen LogP contribution in [0.5, 0.6) is 0 Å². The molecule has 0 fully saturated rings. The van der Waals surface area contributed by atoms with Crippen LogP contribution in [0.4, 0.5) is 43.9 Å². The fraction of sp³-hybridized carbons (Fsp3) is 0.431. The van der Waals surface area contributed by atoms with Crippen LogP contribution in [0, 0.1) is 0 Å². The Labute approximate surface area is 423 Å². The highest BCUT2D eigenvalue weighted by Crippen LogP contribution is 2.46. The Balaban J connectivity index is 1.80. The van der Waals surface area contributed by atoms with Crippen LogP contribution in [0.25, 0.3) is 33.5 Å². The van der Waals surface area contributed by atoms with Crippen molar-refractivity contribution in [3.8, 4) is 22.4 Å². The van der Waals surface area contributed by atoms with Crippen LogP contribution in [0.2, 0.25) is 0 Å². The Bertz CT molecular complexity index is 2800. The van der Waals surface area contributed by atoms with Crippen LogP contribution >= 0.6 is 0 Å². The fourth-order valence-corrected chi connectivity index (χ4v) is 8.40. The van der Waals surface area contributed by atoms with Gasteiger partial charge in [0.05, 0.1) is 11.4 Å². The van der Waals surface area contributed by atoms with Gasteiger partial charge in [0.15, 0.2) is 0 Å². The molecule has 0 aliphatic carbocycles. The summed E-state index contributed by atoms with van der Waals surface area (Å²) in [6, 6.07) is 31.4. The Morgan fingerprint density at radius 3 is 1.21 bits per heavy atom.